The maximum Gasteiger partial charge on any atom is 0.328 e. The van der Waals surface area contributed by atoms with E-state index in [2.05, 4.69) is 39.2 Å². The van der Waals surface area contributed by atoms with Gasteiger partial charge in [0.2, 0.25) is 0 Å². The number of benzene rings is 1. The molecule has 2 atom stereocenters. The van der Waals surface area contributed by atoms with Gasteiger partial charge in [-0.2, -0.15) is 0 Å². The lowest BCUT2D eigenvalue weighted by Gasteiger charge is -2.36. The van der Waals surface area contributed by atoms with Gasteiger partial charge in [-0.05, 0) is 23.7 Å². The Kier molecular flexibility index (Phi) is 8.65. The molecule has 0 heterocycles. The molecule has 1 rings (SSSR count). The average molecular weight is 396 g/mol. The van der Waals surface area contributed by atoms with Crippen LogP contribution < -0.4 is 5.32 Å². The van der Waals surface area contributed by atoms with Gasteiger partial charge in [-0.25, -0.2) is 4.79 Å². The Morgan fingerprint density at radius 2 is 1.70 bits per heavy atom. The molecule has 0 aliphatic rings. The summed E-state index contributed by atoms with van der Waals surface area (Å²) in [4.78, 5) is 24.8. The predicted molar refractivity (Wildman–Crippen MR) is 108 cm³/mol. The van der Waals surface area contributed by atoms with Crippen LogP contribution in [0.1, 0.15) is 38.9 Å². The number of ether oxygens (including phenoxy) is 2. The third kappa shape index (κ3) is 6.75. The van der Waals surface area contributed by atoms with E-state index < -0.39 is 26.4 Å². The van der Waals surface area contributed by atoms with Crippen LogP contribution in [0.5, 0.6) is 0 Å². The highest BCUT2D eigenvalue weighted by molar-refractivity contribution is 6.74. The number of nitrogens with one attached hydrogen (secondary N) is 1. The lowest BCUT2D eigenvalue weighted by Crippen LogP contribution is -2.46. The van der Waals surface area contributed by atoms with Crippen LogP contribution in [0, 0.1) is 0 Å². The first-order valence-electron chi connectivity index (χ1n) is 9.13. The lowest BCUT2D eigenvalue weighted by atomic mass is 10.1. The molecule has 6 nitrogen and oxygen atoms in total. The van der Waals surface area contributed by atoms with E-state index in [1.807, 2.05) is 30.3 Å². The number of carbonyl (C=O) groups is 2. The standard InChI is InChI=1S/C20H33NO5Si/c1-20(2,3)27(6,7)26-14-13-16(19(23)25-5)21-18(22)17(24-4)15-11-9-8-10-12-15/h8-12,16-17H,13-14H2,1-7H3,(H,21,22)/t16-,17+/m0/s1. The molecule has 0 unspecified atom stereocenters. The second kappa shape index (κ2) is 10.0. The SMILES string of the molecule is COC(=O)[C@H](CCO[Si](C)(C)C(C)(C)C)NC(=O)[C@H](OC)c1ccccc1. The van der Waals surface area contributed by atoms with Crippen molar-refractivity contribution in [2.75, 3.05) is 20.8 Å². The monoisotopic (exact) mass is 395 g/mol. The summed E-state index contributed by atoms with van der Waals surface area (Å²) in [6.07, 6.45) is -0.449. The van der Waals surface area contributed by atoms with Crippen molar-refractivity contribution in [2.24, 2.45) is 0 Å². The Bertz CT molecular complexity index is 613. The number of hydrogen-bond acceptors (Lipinski definition) is 5. The van der Waals surface area contributed by atoms with Crippen LogP contribution in [-0.2, 0) is 23.5 Å². The molecule has 0 aromatic heterocycles. The number of carbonyl (C=O) groups excluding carboxylic acids is 2. The van der Waals surface area contributed by atoms with E-state index in [1.54, 1.807) is 0 Å². The molecule has 1 amide bonds. The molecule has 1 N–H and O–H groups in total. The Hall–Kier alpha value is -1.70. The largest absolute Gasteiger partial charge is 0.467 e. The van der Waals surface area contributed by atoms with Crippen molar-refractivity contribution < 1.29 is 23.5 Å². The van der Waals surface area contributed by atoms with E-state index in [0.29, 0.717) is 13.0 Å². The van der Waals surface area contributed by atoms with Crippen LogP contribution in [-0.4, -0.2) is 47.1 Å². The first-order chi connectivity index (χ1) is 12.5. The highest BCUT2D eigenvalue weighted by Crippen LogP contribution is 2.36. The van der Waals surface area contributed by atoms with Crippen LogP contribution in [0.25, 0.3) is 0 Å². The van der Waals surface area contributed by atoms with Crippen molar-refractivity contribution in [3.05, 3.63) is 35.9 Å². The van der Waals surface area contributed by atoms with Crippen LogP contribution in [0.3, 0.4) is 0 Å². The summed E-state index contributed by atoms with van der Waals surface area (Å²) in [5.41, 5.74) is 0.721. The van der Waals surface area contributed by atoms with Crippen molar-refractivity contribution in [2.45, 2.75) is 57.5 Å². The van der Waals surface area contributed by atoms with E-state index in [1.165, 1.54) is 14.2 Å². The quantitative estimate of drug-likeness (QED) is 0.512. The minimum absolute atomic E-state index is 0.0749. The normalized spacial score (nSPS) is 14.3. The van der Waals surface area contributed by atoms with Crippen LogP contribution in [0.2, 0.25) is 18.1 Å². The minimum atomic E-state index is -1.93. The second-order valence-electron chi connectivity index (χ2n) is 8.01. The van der Waals surface area contributed by atoms with Crippen LogP contribution >= 0.6 is 0 Å². The van der Waals surface area contributed by atoms with E-state index in [-0.39, 0.29) is 10.9 Å². The van der Waals surface area contributed by atoms with Gasteiger partial charge in [0.1, 0.15) is 6.04 Å². The third-order valence-electron chi connectivity index (χ3n) is 5.05. The summed E-state index contributed by atoms with van der Waals surface area (Å²) in [5, 5.41) is 2.81. The molecular formula is C20H33NO5Si. The fourth-order valence-electron chi connectivity index (χ4n) is 2.31. The summed E-state index contributed by atoms with van der Waals surface area (Å²) in [7, 11) is 0.842. The molecular weight excluding hydrogens is 362 g/mol. The highest BCUT2D eigenvalue weighted by atomic mass is 28.4. The topological polar surface area (TPSA) is 73.9 Å². The van der Waals surface area contributed by atoms with E-state index >= 15 is 0 Å². The van der Waals surface area contributed by atoms with Gasteiger partial charge in [-0.1, -0.05) is 51.1 Å². The van der Waals surface area contributed by atoms with E-state index in [0.717, 1.165) is 5.56 Å². The first kappa shape index (κ1) is 23.3. The maximum atomic E-state index is 12.6. The van der Waals surface area contributed by atoms with Crippen molar-refractivity contribution in [3.8, 4) is 0 Å². The molecule has 27 heavy (non-hydrogen) atoms. The zero-order valence-corrected chi connectivity index (χ0v) is 18.5. The molecule has 1 aromatic rings. The summed E-state index contributed by atoms with van der Waals surface area (Å²) in [6, 6.07) is 8.36. The zero-order chi connectivity index (χ0) is 20.7. The maximum absolute atomic E-state index is 12.6. The number of amides is 1. The fourth-order valence-corrected chi connectivity index (χ4v) is 3.37. The van der Waals surface area contributed by atoms with Crippen LogP contribution in [0.15, 0.2) is 30.3 Å². The molecule has 152 valence electrons. The minimum Gasteiger partial charge on any atom is -0.467 e. The third-order valence-corrected chi connectivity index (χ3v) is 9.59. The number of esters is 1. The molecule has 0 aliphatic heterocycles. The van der Waals surface area contributed by atoms with Gasteiger partial charge >= 0.3 is 5.97 Å². The average Bonchev–Trinajstić information content (AvgIpc) is 2.60. The van der Waals surface area contributed by atoms with E-state index in [4.69, 9.17) is 13.9 Å². The Balaban J connectivity index is 2.77. The summed E-state index contributed by atoms with van der Waals surface area (Å²) >= 11 is 0. The highest BCUT2D eigenvalue weighted by Gasteiger charge is 2.37. The van der Waals surface area contributed by atoms with Crippen molar-refractivity contribution in [3.63, 3.8) is 0 Å². The molecule has 0 fully saturated rings. The molecule has 0 bridgehead atoms. The molecule has 0 saturated carbocycles. The van der Waals surface area contributed by atoms with Crippen molar-refractivity contribution in [1.29, 1.82) is 0 Å². The van der Waals surface area contributed by atoms with Gasteiger partial charge in [0.05, 0.1) is 7.11 Å². The second-order valence-corrected chi connectivity index (χ2v) is 12.8. The zero-order valence-electron chi connectivity index (χ0n) is 17.5. The fraction of sp³-hybridized carbons (Fsp3) is 0.600. The lowest BCUT2D eigenvalue weighted by molar-refractivity contribution is -0.147. The molecule has 0 aliphatic carbocycles. The van der Waals surface area contributed by atoms with Gasteiger partial charge in [0.25, 0.3) is 5.91 Å². The molecule has 0 spiro atoms. The molecule has 1 aromatic carbocycles. The number of hydrogen-bond donors (Lipinski definition) is 1. The van der Waals surface area contributed by atoms with Crippen molar-refractivity contribution >= 4 is 20.2 Å². The summed E-state index contributed by atoms with van der Waals surface area (Å²) in [6.45, 7) is 11.1. The molecule has 0 radical (unpaired) electrons. The summed E-state index contributed by atoms with van der Waals surface area (Å²) < 4.78 is 16.3. The van der Waals surface area contributed by atoms with Gasteiger partial charge in [0.15, 0.2) is 14.4 Å². The first-order valence-corrected chi connectivity index (χ1v) is 12.0. The molecule has 7 heteroatoms. The van der Waals surface area contributed by atoms with E-state index in [9.17, 15) is 9.59 Å². The number of methoxy groups -OCH3 is 2. The van der Waals surface area contributed by atoms with Gasteiger partial charge < -0.3 is 19.2 Å². The Morgan fingerprint density at radius 1 is 1.11 bits per heavy atom. The van der Waals surface area contributed by atoms with Gasteiger partial charge in [-0.3, -0.25) is 4.79 Å². The van der Waals surface area contributed by atoms with Gasteiger partial charge in [-0.15, -0.1) is 0 Å². The van der Waals surface area contributed by atoms with Crippen LogP contribution in [0.4, 0.5) is 0 Å². The Morgan fingerprint density at radius 3 is 2.19 bits per heavy atom. The Labute approximate surface area is 163 Å². The van der Waals surface area contributed by atoms with Gasteiger partial charge in [0, 0.05) is 20.1 Å². The van der Waals surface area contributed by atoms with Crippen molar-refractivity contribution in [1.82, 2.24) is 5.32 Å². The number of rotatable bonds is 9. The summed E-state index contributed by atoms with van der Waals surface area (Å²) in [5.74, 6) is -0.878. The molecule has 0 saturated heterocycles. The smallest absolute Gasteiger partial charge is 0.328 e. The predicted octanol–water partition coefficient (Wildman–Crippen LogP) is 3.44.